The number of amides is 2. The smallest absolute Gasteiger partial charge is 0.264 e. The highest BCUT2D eigenvalue weighted by atomic mass is 32.1. The molecule has 3 rings (SSSR count). The normalized spacial score (nSPS) is 16.4. The lowest BCUT2D eigenvalue weighted by Gasteiger charge is -2.26. The van der Waals surface area contributed by atoms with Gasteiger partial charge in [0.1, 0.15) is 6.04 Å². The summed E-state index contributed by atoms with van der Waals surface area (Å²) in [6, 6.07) is 11.6. The Hall–Kier alpha value is -2.34. The molecule has 1 saturated heterocycles. The average Bonchev–Trinajstić information content (AvgIpc) is 3.37. The summed E-state index contributed by atoms with van der Waals surface area (Å²) in [4.78, 5) is 30.0. The molecule has 0 spiro atoms. The van der Waals surface area contributed by atoms with E-state index in [1.165, 1.54) is 22.6 Å². The standard InChI is InChI=1S/C21H27N3O2S/c1-3-23(17-9-5-4-8-16(17)2)14-12-22-20(25)18-10-6-13-24(18)21(26)19-11-7-15-27-19/h4-5,7-9,11,15,18H,3,6,10,12-14H2,1-2H3,(H,22,25)/t18-/m0/s1. The molecule has 0 bridgehead atoms. The van der Waals surface area contributed by atoms with E-state index >= 15 is 0 Å². The van der Waals surface area contributed by atoms with E-state index in [1.807, 2.05) is 29.6 Å². The molecule has 5 nitrogen and oxygen atoms in total. The lowest BCUT2D eigenvalue weighted by molar-refractivity contribution is -0.124. The predicted molar refractivity (Wildman–Crippen MR) is 110 cm³/mol. The number of likely N-dealkylation sites (N-methyl/N-ethyl adjacent to an activating group) is 1. The molecule has 6 heteroatoms. The summed E-state index contributed by atoms with van der Waals surface area (Å²) in [7, 11) is 0. The number of para-hydroxylation sites is 1. The van der Waals surface area contributed by atoms with E-state index in [0.717, 1.165) is 25.9 Å². The van der Waals surface area contributed by atoms with Gasteiger partial charge in [-0.1, -0.05) is 24.3 Å². The molecule has 1 aliphatic rings. The van der Waals surface area contributed by atoms with Crippen molar-refractivity contribution in [1.29, 1.82) is 0 Å². The number of benzene rings is 1. The van der Waals surface area contributed by atoms with Crippen LogP contribution in [-0.2, 0) is 4.79 Å². The van der Waals surface area contributed by atoms with Gasteiger partial charge in [-0.2, -0.15) is 0 Å². The molecule has 1 atom stereocenters. The summed E-state index contributed by atoms with van der Waals surface area (Å²) in [5, 5.41) is 4.93. The van der Waals surface area contributed by atoms with Gasteiger partial charge in [-0.05, 0) is 49.8 Å². The van der Waals surface area contributed by atoms with Gasteiger partial charge in [-0.25, -0.2) is 0 Å². The first-order valence-corrected chi connectivity index (χ1v) is 10.4. The zero-order chi connectivity index (χ0) is 19.2. The largest absolute Gasteiger partial charge is 0.370 e. The molecule has 2 aromatic rings. The second-order valence-corrected chi connectivity index (χ2v) is 7.74. The maximum Gasteiger partial charge on any atom is 0.264 e. The molecule has 1 aromatic heterocycles. The molecule has 0 saturated carbocycles. The molecule has 2 amide bonds. The highest BCUT2D eigenvalue weighted by Crippen LogP contribution is 2.22. The van der Waals surface area contributed by atoms with Crippen LogP contribution in [0, 0.1) is 6.92 Å². The molecule has 144 valence electrons. The topological polar surface area (TPSA) is 52.7 Å². The molecule has 1 N–H and O–H groups in total. The Kier molecular flexibility index (Phi) is 6.50. The van der Waals surface area contributed by atoms with Crippen LogP contribution in [0.1, 0.15) is 35.0 Å². The molecule has 0 radical (unpaired) electrons. The van der Waals surface area contributed by atoms with E-state index in [2.05, 4.69) is 36.2 Å². The number of rotatable bonds is 7. The van der Waals surface area contributed by atoms with Crippen LogP contribution >= 0.6 is 11.3 Å². The fourth-order valence-corrected chi connectivity index (χ4v) is 4.30. The van der Waals surface area contributed by atoms with Crippen molar-refractivity contribution in [1.82, 2.24) is 10.2 Å². The predicted octanol–water partition coefficient (Wildman–Crippen LogP) is 3.30. The molecular weight excluding hydrogens is 358 g/mol. The van der Waals surface area contributed by atoms with Crippen molar-refractivity contribution < 1.29 is 9.59 Å². The van der Waals surface area contributed by atoms with Gasteiger partial charge in [-0.3, -0.25) is 9.59 Å². The third kappa shape index (κ3) is 4.50. The molecule has 1 aliphatic heterocycles. The maximum absolute atomic E-state index is 12.7. The van der Waals surface area contributed by atoms with E-state index in [1.54, 1.807) is 4.90 Å². The van der Waals surface area contributed by atoms with Gasteiger partial charge in [0.25, 0.3) is 5.91 Å². The van der Waals surface area contributed by atoms with Crippen molar-refractivity contribution in [3.63, 3.8) is 0 Å². The number of likely N-dealkylation sites (tertiary alicyclic amines) is 1. The molecule has 1 fully saturated rings. The minimum absolute atomic E-state index is 0.0299. The Labute approximate surface area is 165 Å². The number of carbonyl (C=O) groups excluding carboxylic acids is 2. The monoisotopic (exact) mass is 385 g/mol. The molecule has 0 aliphatic carbocycles. The Morgan fingerprint density at radius 3 is 2.78 bits per heavy atom. The van der Waals surface area contributed by atoms with Gasteiger partial charge in [0.05, 0.1) is 4.88 Å². The number of thiophene rings is 1. The molecule has 1 aromatic carbocycles. The summed E-state index contributed by atoms with van der Waals surface area (Å²) in [6.07, 6.45) is 1.61. The van der Waals surface area contributed by atoms with E-state index < -0.39 is 0 Å². The number of anilines is 1. The first kappa shape index (κ1) is 19.4. The molecule has 0 unspecified atom stereocenters. The van der Waals surface area contributed by atoms with E-state index in [-0.39, 0.29) is 17.9 Å². The maximum atomic E-state index is 12.7. The van der Waals surface area contributed by atoms with E-state index in [4.69, 9.17) is 0 Å². The number of hydrogen-bond donors (Lipinski definition) is 1. The minimum Gasteiger partial charge on any atom is -0.370 e. The lowest BCUT2D eigenvalue weighted by atomic mass is 10.2. The highest BCUT2D eigenvalue weighted by molar-refractivity contribution is 7.12. The first-order valence-electron chi connectivity index (χ1n) is 9.54. The van der Waals surface area contributed by atoms with Crippen molar-refractivity contribution >= 4 is 28.8 Å². The van der Waals surface area contributed by atoms with Crippen LogP contribution in [0.5, 0.6) is 0 Å². The minimum atomic E-state index is -0.354. The Balaban J connectivity index is 1.55. The number of carbonyl (C=O) groups is 2. The summed E-state index contributed by atoms with van der Waals surface area (Å²) in [5.41, 5.74) is 2.43. The second kappa shape index (κ2) is 9.04. The van der Waals surface area contributed by atoms with Crippen LogP contribution in [0.15, 0.2) is 41.8 Å². The number of aryl methyl sites for hydroxylation is 1. The number of nitrogens with one attached hydrogen (secondary N) is 1. The van der Waals surface area contributed by atoms with Crippen LogP contribution in [0.25, 0.3) is 0 Å². The Morgan fingerprint density at radius 2 is 2.07 bits per heavy atom. The third-order valence-electron chi connectivity index (χ3n) is 5.07. The van der Waals surface area contributed by atoms with Gasteiger partial charge in [0, 0.05) is 31.9 Å². The van der Waals surface area contributed by atoms with Gasteiger partial charge < -0.3 is 15.1 Å². The van der Waals surface area contributed by atoms with E-state index in [0.29, 0.717) is 18.0 Å². The van der Waals surface area contributed by atoms with Crippen LogP contribution < -0.4 is 10.2 Å². The number of hydrogen-bond acceptors (Lipinski definition) is 4. The quantitative estimate of drug-likeness (QED) is 0.796. The SMILES string of the molecule is CCN(CCNC(=O)[C@@H]1CCCN1C(=O)c1cccs1)c1ccccc1C. The van der Waals surface area contributed by atoms with Gasteiger partial charge >= 0.3 is 0 Å². The number of nitrogens with zero attached hydrogens (tertiary/aromatic N) is 2. The summed E-state index contributed by atoms with van der Waals surface area (Å²) < 4.78 is 0. The van der Waals surface area contributed by atoms with E-state index in [9.17, 15) is 9.59 Å². The average molecular weight is 386 g/mol. The molecule has 27 heavy (non-hydrogen) atoms. The summed E-state index contributed by atoms with van der Waals surface area (Å²) in [5.74, 6) is -0.0732. The first-order chi connectivity index (χ1) is 13.1. The molecule has 2 heterocycles. The van der Waals surface area contributed by atoms with Crippen LogP contribution in [-0.4, -0.2) is 48.9 Å². The lowest BCUT2D eigenvalue weighted by Crippen LogP contribution is -2.47. The van der Waals surface area contributed by atoms with Crippen molar-refractivity contribution in [3.8, 4) is 0 Å². The van der Waals surface area contributed by atoms with Gasteiger partial charge in [0.2, 0.25) is 5.91 Å². The zero-order valence-electron chi connectivity index (χ0n) is 16.0. The van der Waals surface area contributed by atoms with Gasteiger partial charge in [0.15, 0.2) is 0 Å². The Bertz CT molecular complexity index is 775. The van der Waals surface area contributed by atoms with Crippen molar-refractivity contribution in [2.24, 2.45) is 0 Å². The highest BCUT2D eigenvalue weighted by Gasteiger charge is 2.34. The summed E-state index contributed by atoms with van der Waals surface area (Å²) in [6.45, 7) is 7.07. The van der Waals surface area contributed by atoms with Crippen molar-refractivity contribution in [2.75, 3.05) is 31.1 Å². The van der Waals surface area contributed by atoms with Crippen LogP contribution in [0.2, 0.25) is 0 Å². The van der Waals surface area contributed by atoms with Crippen LogP contribution in [0.3, 0.4) is 0 Å². The van der Waals surface area contributed by atoms with Crippen molar-refractivity contribution in [3.05, 3.63) is 52.2 Å². The fraction of sp³-hybridized carbons (Fsp3) is 0.429. The van der Waals surface area contributed by atoms with Gasteiger partial charge in [-0.15, -0.1) is 11.3 Å². The van der Waals surface area contributed by atoms with Crippen LogP contribution in [0.4, 0.5) is 5.69 Å². The van der Waals surface area contributed by atoms with Crippen molar-refractivity contribution in [2.45, 2.75) is 32.7 Å². The molecular formula is C21H27N3O2S. The fourth-order valence-electron chi connectivity index (χ4n) is 3.62. The zero-order valence-corrected chi connectivity index (χ0v) is 16.8. The Morgan fingerprint density at radius 1 is 1.26 bits per heavy atom. The third-order valence-corrected chi connectivity index (χ3v) is 5.92. The summed E-state index contributed by atoms with van der Waals surface area (Å²) >= 11 is 1.43. The second-order valence-electron chi connectivity index (χ2n) is 6.79.